The van der Waals surface area contributed by atoms with Crippen molar-refractivity contribution >= 4 is 48.8 Å². The summed E-state index contributed by atoms with van der Waals surface area (Å²) in [6, 6.07) is 10.3. The van der Waals surface area contributed by atoms with Crippen LogP contribution < -0.4 is 16.0 Å². The first-order chi connectivity index (χ1) is 11.2. The molecule has 8 heteroatoms. The third-order valence-corrected chi connectivity index (χ3v) is 4.47. The Balaban J connectivity index is 0. The number of carbonyl (C=O) groups excluding carboxylic acids is 1. The first-order valence-corrected chi connectivity index (χ1v) is 8.76. The Labute approximate surface area is 176 Å². The molecule has 0 bridgehead atoms. The van der Waals surface area contributed by atoms with Crippen LogP contribution in [0.15, 0.2) is 30.3 Å². The zero-order valence-corrected chi connectivity index (χ0v) is 17.9. The Hall–Kier alpha value is -0.720. The molecule has 26 heavy (non-hydrogen) atoms. The number of hydrogen-bond donors (Lipinski definition) is 2. The molecule has 1 aromatic rings. The molecule has 2 rings (SSSR count). The van der Waals surface area contributed by atoms with Gasteiger partial charge in [-0.1, -0.05) is 25.1 Å². The Bertz CT molecular complexity index is 471. The molecule has 3 N–H and O–H groups in total. The predicted molar refractivity (Wildman–Crippen MR) is 117 cm³/mol. The maximum Gasteiger partial charge on any atom is 0.236 e. The topological polar surface area (TPSA) is 61.6 Å². The molecule has 0 unspecified atom stereocenters. The number of anilines is 1. The molecule has 0 radical (unpaired) electrons. The van der Waals surface area contributed by atoms with Gasteiger partial charge in [-0.2, -0.15) is 0 Å². The van der Waals surface area contributed by atoms with Gasteiger partial charge in [0.1, 0.15) is 0 Å². The second kappa shape index (κ2) is 15.3. The Morgan fingerprint density at radius 3 is 2.27 bits per heavy atom. The van der Waals surface area contributed by atoms with E-state index in [1.165, 1.54) is 5.69 Å². The van der Waals surface area contributed by atoms with E-state index in [4.69, 9.17) is 5.73 Å². The van der Waals surface area contributed by atoms with Crippen molar-refractivity contribution in [3.63, 3.8) is 0 Å². The number of piperazine rings is 1. The minimum atomic E-state index is -0.360. The van der Waals surface area contributed by atoms with Gasteiger partial charge in [0.2, 0.25) is 5.91 Å². The molecule has 152 valence electrons. The lowest BCUT2D eigenvalue weighted by Gasteiger charge is -2.36. The quantitative estimate of drug-likeness (QED) is 0.626. The molecule has 1 aliphatic heterocycles. The van der Waals surface area contributed by atoms with Crippen LogP contribution in [0.1, 0.15) is 26.2 Å². The third kappa shape index (κ3) is 9.28. The second-order valence-corrected chi connectivity index (χ2v) is 6.18. The van der Waals surface area contributed by atoms with E-state index >= 15 is 0 Å². The zero-order valence-electron chi connectivity index (χ0n) is 15.4. The molecule has 0 aliphatic carbocycles. The van der Waals surface area contributed by atoms with Gasteiger partial charge in [0, 0.05) is 38.4 Å². The van der Waals surface area contributed by atoms with E-state index in [-0.39, 0.29) is 49.2 Å². The number of para-hydroxylation sites is 1. The summed E-state index contributed by atoms with van der Waals surface area (Å²) in [6.45, 7) is 8.18. The molecule has 1 atom stereocenters. The van der Waals surface area contributed by atoms with Crippen LogP contribution in [0, 0.1) is 0 Å². The first kappa shape index (κ1) is 27.5. The van der Waals surface area contributed by atoms with E-state index in [1.807, 2.05) is 6.92 Å². The number of nitrogens with zero attached hydrogens (tertiary/aromatic N) is 2. The zero-order chi connectivity index (χ0) is 16.5. The number of nitrogens with two attached hydrogens (primary N) is 1. The molecule has 0 aromatic heterocycles. The van der Waals surface area contributed by atoms with E-state index in [9.17, 15) is 4.79 Å². The summed E-state index contributed by atoms with van der Waals surface area (Å²) in [5.74, 6) is -0.0241. The summed E-state index contributed by atoms with van der Waals surface area (Å²) in [6.07, 6.45) is 2.82. The monoisotopic (exact) mass is 426 g/mol. The van der Waals surface area contributed by atoms with Gasteiger partial charge in [-0.15, -0.1) is 37.2 Å². The normalized spacial score (nSPS) is 15.1. The molecule has 1 aromatic carbocycles. The Morgan fingerprint density at radius 1 is 1.08 bits per heavy atom. The van der Waals surface area contributed by atoms with Crippen molar-refractivity contribution in [3.8, 4) is 0 Å². The van der Waals surface area contributed by atoms with Crippen LogP contribution in [0.5, 0.6) is 0 Å². The number of halogens is 3. The first-order valence-electron chi connectivity index (χ1n) is 8.76. The molecule has 1 fully saturated rings. The van der Waals surface area contributed by atoms with Crippen LogP contribution in [0.25, 0.3) is 0 Å². The fraction of sp³-hybridized carbons (Fsp3) is 0.611. The van der Waals surface area contributed by atoms with Gasteiger partial charge in [0.25, 0.3) is 0 Å². The number of unbranched alkanes of at least 4 members (excludes halogenated alkanes) is 1. The van der Waals surface area contributed by atoms with Crippen molar-refractivity contribution in [2.45, 2.75) is 32.2 Å². The average Bonchev–Trinajstić information content (AvgIpc) is 2.61. The standard InChI is InChI=1S/C18H30N4O.3ClH/c1-2-17(19)18(23)20-10-6-7-11-21-12-14-22(15-13-21)16-8-4-3-5-9-16;;;/h3-5,8-9,17H,2,6-7,10-15,19H2,1H3,(H,20,23);3*1H/t17-;;;/m0.../s1. The predicted octanol–water partition coefficient (Wildman–Crippen LogP) is 2.71. The molecule has 0 saturated carbocycles. The van der Waals surface area contributed by atoms with Crippen molar-refractivity contribution in [1.29, 1.82) is 0 Å². The van der Waals surface area contributed by atoms with Gasteiger partial charge >= 0.3 is 0 Å². The van der Waals surface area contributed by atoms with Crippen molar-refractivity contribution in [2.24, 2.45) is 5.73 Å². The van der Waals surface area contributed by atoms with Gasteiger partial charge in [-0.3, -0.25) is 9.69 Å². The van der Waals surface area contributed by atoms with Gasteiger partial charge in [-0.05, 0) is 37.9 Å². The fourth-order valence-electron chi connectivity index (χ4n) is 2.86. The highest BCUT2D eigenvalue weighted by molar-refractivity contribution is 5.86. The Kier molecular flexibility index (Phi) is 16.2. The Morgan fingerprint density at radius 2 is 1.69 bits per heavy atom. The van der Waals surface area contributed by atoms with Crippen molar-refractivity contribution < 1.29 is 4.79 Å². The summed E-state index contributed by atoms with van der Waals surface area (Å²) < 4.78 is 0. The van der Waals surface area contributed by atoms with Crippen molar-refractivity contribution in [3.05, 3.63) is 30.3 Å². The van der Waals surface area contributed by atoms with Gasteiger partial charge in [-0.25, -0.2) is 0 Å². The molecule has 1 heterocycles. The molecular formula is C18H33Cl3N4O. The third-order valence-electron chi connectivity index (χ3n) is 4.47. The number of amides is 1. The summed E-state index contributed by atoms with van der Waals surface area (Å²) in [5.41, 5.74) is 7.01. The second-order valence-electron chi connectivity index (χ2n) is 6.18. The van der Waals surface area contributed by atoms with Gasteiger partial charge < -0.3 is 16.0 Å². The minimum Gasteiger partial charge on any atom is -0.369 e. The van der Waals surface area contributed by atoms with Crippen LogP contribution in [-0.2, 0) is 4.79 Å². The fourth-order valence-corrected chi connectivity index (χ4v) is 2.86. The molecule has 5 nitrogen and oxygen atoms in total. The summed E-state index contributed by atoms with van der Waals surface area (Å²) in [5, 5.41) is 2.91. The van der Waals surface area contributed by atoms with Crippen molar-refractivity contribution in [1.82, 2.24) is 10.2 Å². The van der Waals surface area contributed by atoms with E-state index < -0.39 is 0 Å². The van der Waals surface area contributed by atoms with Gasteiger partial charge in [0.15, 0.2) is 0 Å². The number of hydrogen-bond acceptors (Lipinski definition) is 4. The molecule has 1 saturated heterocycles. The lowest BCUT2D eigenvalue weighted by atomic mass is 10.2. The van der Waals surface area contributed by atoms with Crippen LogP contribution in [0.2, 0.25) is 0 Å². The number of nitrogens with one attached hydrogen (secondary N) is 1. The number of benzene rings is 1. The lowest BCUT2D eigenvalue weighted by Crippen LogP contribution is -2.46. The summed E-state index contributed by atoms with van der Waals surface area (Å²) >= 11 is 0. The van der Waals surface area contributed by atoms with E-state index in [1.54, 1.807) is 0 Å². The maximum atomic E-state index is 11.6. The smallest absolute Gasteiger partial charge is 0.236 e. The number of rotatable bonds is 8. The van der Waals surface area contributed by atoms with E-state index in [2.05, 4.69) is 45.4 Å². The van der Waals surface area contributed by atoms with Gasteiger partial charge in [0.05, 0.1) is 6.04 Å². The van der Waals surface area contributed by atoms with E-state index in [0.29, 0.717) is 6.42 Å². The molecule has 0 spiro atoms. The largest absolute Gasteiger partial charge is 0.369 e. The van der Waals surface area contributed by atoms with Crippen LogP contribution in [0.3, 0.4) is 0 Å². The van der Waals surface area contributed by atoms with Crippen LogP contribution in [-0.4, -0.2) is 56.1 Å². The maximum absolute atomic E-state index is 11.6. The highest BCUT2D eigenvalue weighted by Crippen LogP contribution is 2.15. The van der Waals surface area contributed by atoms with Crippen LogP contribution >= 0.6 is 37.2 Å². The molecule has 1 aliphatic rings. The SMILES string of the molecule is CC[C@H](N)C(=O)NCCCCN1CCN(c2ccccc2)CC1.Cl.Cl.Cl. The average molecular weight is 428 g/mol. The molecule has 1 amide bonds. The minimum absolute atomic E-state index is 0. The number of carbonyl (C=O) groups is 1. The molecular weight excluding hydrogens is 395 g/mol. The van der Waals surface area contributed by atoms with Crippen molar-refractivity contribution in [2.75, 3.05) is 44.2 Å². The highest BCUT2D eigenvalue weighted by Gasteiger charge is 2.16. The van der Waals surface area contributed by atoms with E-state index in [0.717, 1.165) is 52.1 Å². The van der Waals surface area contributed by atoms with Crippen LogP contribution in [0.4, 0.5) is 5.69 Å². The highest BCUT2D eigenvalue weighted by atomic mass is 35.5. The summed E-state index contributed by atoms with van der Waals surface area (Å²) in [4.78, 5) is 16.5. The lowest BCUT2D eigenvalue weighted by molar-refractivity contribution is -0.122. The summed E-state index contributed by atoms with van der Waals surface area (Å²) in [7, 11) is 0.